The number of nitriles is 1. The first-order chi connectivity index (χ1) is 9.24. The zero-order valence-corrected chi connectivity index (χ0v) is 9.42. The van der Waals surface area contributed by atoms with Gasteiger partial charge in [0.2, 0.25) is 0 Å². The Hall–Kier alpha value is -2.63. The highest BCUT2D eigenvalue weighted by Gasteiger charge is 2.34. The van der Waals surface area contributed by atoms with Crippen LogP contribution in [0.15, 0.2) is 23.0 Å². The van der Waals surface area contributed by atoms with Crippen LogP contribution in [0, 0.1) is 23.0 Å². The lowest BCUT2D eigenvalue weighted by Crippen LogP contribution is -2.17. The van der Waals surface area contributed by atoms with Crippen LogP contribution in [0.3, 0.4) is 0 Å². The first-order valence-electron chi connectivity index (χ1n) is 5.03. The van der Waals surface area contributed by atoms with Gasteiger partial charge in [-0.15, -0.1) is 0 Å². The maximum atomic E-state index is 13.6. The van der Waals surface area contributed by atoms with Crippen LogP contribution in [0.25, 0.3) is 5.69 Å². The summed E-state index contributed by atoms with van der Waals surface area (Å²) < 4.78 is 64.5. The fraction of sp³-hybridized carbons (Fsp3) is 0.0909. The molecule has 0 saturated heterocycles. The van der Waals surface area contributed by atoms with Gasteiger partial charge in [0.1, 0.15) is 11.4 Å². The number of hydrogen-bond acceptors (Lipinski definition) is 2. The molecule has 104 valence electrons. The summed E-state index contributed by atoms with van der Waals surface area (Å²) in [7, 11) is 0. The van der Waals surface area contributed by atoms with Gasteiger partial charge in [0, 0.05) is 6.07 Å². The summed E-state index contributed by atoms with van der Waals surface area (Å²) >= 11 is 0. The lowest BCUT2D eigenvalue weighted by Gasteiger charge is -2.07. The third-order valence-electron chi connectivity index (χ3n) is 2.40. The molecule has 1 aromatic carbocycles. The Bertz CT molecular complexity index is 743. The van der Waals surface area contributed by atoms with Gasteiger partial charge < -0.3 is 0 Å². The van der Waals surface area contributed by atoms with Crippen molar-refractivity contribution in [2.24, 2.45) is 0 Å². The third kappa shape index (κ3) is 2.27. The summed E-state index contributed by atoms with van der Waals surface area (Å²) in [4.78, 5) is 11.4. The van der Waals surface area contributed by atoms with E-state index >= 15 is 0 Å². The van der Waals surface area contributed by atoms with Crippen molar-refractivity contribution in [3.05, 3.63) is 51.4 Å². The molecular weight excluding hydrogens is 285 g/mol. The first kappa shape index (κ1) is 13.8. The van der Waals surface area contributed by atoms with Crippen molar-refractivity contribution in [3.8, 4) is 11.8 Å². The zero-order chi connectivity index (χ0) is 15.1. The van der Waals surface area contributed by atoms with Gasteiger partial charge >= 0.3 is 6.18 Å². The second-order valence-electron chi connectivity index (χ2n) is 3.74. The summed E-state index contributed by atoms with van der Waals surface area (Å²) in [6.45, 7) is 0. The fourth-order valence-electron chi connectivity index (χ4n) is 1.55. The van der Waals surface area contributed by atoms with Crippen LogP contribution in [0.2, 0.25) is 0 Å². The smallest absolute Gasteiger partial charge is 0.286 e. The van der Waals surface area contributed by atoms with E-state index in [1.165, 1.54) is 6.07 Å². The Morgan fingerprint density at radius 2 is 1.70 bits per heavy atom. The molecule has 2 rings (SSSR count). The number of rotatable bonds is 1. The lowest BCUT2D eigenvalue weighted by molar-refractivity contribution is -0.141. The van der Waals surface area contributed by atoms with E-state index in [1.807, 2.05) is 0 Å². The van der Waals surface area contributed by atoms with E-state index in [4.69, 9.17) is 5.26 Å². The zero-order valence-electron chi connectivity index (χ0n) is 9.42. The number of alkyl halides is 3. The molecular formula is C11H4F5N3O. The average Bonchev–Trinajstić information content (AvgIpc) is 2.70. The summed E-state index contributed by atoms with van der Waals surface area (Å²) in [5, 5.41) is 10.1. The molecule has 4 nitrogen and oxygen atoms in total. The van der Waals surface area contributed by atoms with Crippen LogP contribution in [-0.2, 0) is 6.18 Å². The molecule has 1 heterocycles. The van der Waals surface area contributed by atoms with Crippen LogP contribution in [0.5, 0.6) is 0 Å². The number of nitrogens with one attached hydrogen (secondary N) is 1. The highest BCUT2D eigenvalue weighted by molar-refractivity contribution is 5.42. The fourth-order valence-corrected chi connectivity index (χ4v) is 1.55. The predicted octanol–water partition coefficient (Wildman–Crippen LogP) is 2.33. The first-order valence-corrected chi connectivity index (χ1v) is 5.03. The van der Waals surface area contributed by atoms with Crippen LogP contribution in [0.1, 0.15) is 11.3 Å². The average molecular weight is 289 g/mol. The normalized spacial score (nSPS) is 11.4. The number of nitrogens with zero attached hydrogens (tertiary/aromatic N) is 2. The van der Waals surface area contributed by atoms with Crippen molar-refractivity contribution >= 4 is 0 Å². The number of aromatic nitrogens is 2. The van der Waals surface area contributed by atoms with Gasteiger partial charge in [0.25, 0.3) is 5.56 Å². The van der Waals surface area contributed by atoms with Gasteiger partial charge in [-0.3, -0.25) is 9.89 Å². The van der Waals surface area contributed by atoms with E-state index in [2.05, 4.69) is 0 Å². The van der Waals surface area contributed by atoms with Crippen molar-refractivity contribution in [1.29, 1.82) is 5.26 Å². The van der Waals surface area contributed by atoms with Gasteiger partial charge in [-0.25, -0.2) is 13.5 Å². The second kappa shape index (κ2) is 4.48. The SMILES string of the molecule is N#Cc1cc(F)c(-n2[nH]c(C(F)(F)F)cc2=O)c(F)c1. The molecule has 0 saturated carbocycles. The molecule has 20 heavy (non-hydrogen) atoms. The summed E-state index contributed by atoms with van der Waals surface area (Å²) in [6.07, 6.45) is -4.86. The second-order valence-corrected chi connectivity index (χ2v) is 3.74. The summed E-state index contributed by atoms with van der Waals surface area (Å²) in [6, 6.07) is 2.87. The summed E-state index contributed by atoms with van der Waals surface area (Å²) in [5.74, 6) is -2.67. The molecule has 9 heteroatoms. The minimum atomic E-state index is -4.86. The maximum absolute atomic E-state index is 13.6. The van der Waals surface area contributed by atoms with Crippen molar-refractivity contribution in [3.63, 3.8) is 0 Å². The molecule has 0 aliphatic heterocycles. The molecule has 0 radical (unpaired) electrons. The Morgan fingerprint density at radius 1 is 1.15 bits per heavy atom. The topological polar surface area (TPSA) is 61.6 Å². The highest BCUT2D eigenvalue weighted by Crippen LogP contribution is 2.27. The van der Waals surface area contributed by atoms with Gasteiger partial charge in [-0.05, 0) is 12.1 Å². The molecule has 1 aromatic heterocycles. The van der Waals surface area contributed by atoms with Crippen LogP contribution in [-0.4, -0.2) is 9.78 Å². The minimum Gasteiger partial charge on any atom is -0.286 e. The van der Waals surface area contributed by atoms with E-state index in [0.29, 0.717) is 12.1 Å². The number of hydrogen-bond donors (Lipinski definition) is 1. The molecule has 2 aromatic rings. The molecule has 0 spiro atoms. The highest BCUT2D eigenvalue weighted by atomic mass is 19.4. The standard InChI is InChI=1S/C11H4F5N3O/c12-6-1-5(4-17)2-7(13)10(6)19-9(20)3-8(18-19)11(14,15)16/h1-3,18H. The van der Waals surface area contributed by atoms with Crippen LogP contribution in [0.4, 0.5) is 22.0 Å². The van der Waals surface area contributed by atoms with E-state index in [9.17, 15) is 26.7 Å². The quantitative estimate of drug-likeness (QED) is 0.819. The Morgan fingerprint density at radius 3 is 2.10 bits per heavy atom. The minimum absolute atomic E-state index is 0.0919. The molecule has 1 N–H and O–H groups in total. The van der Waals surface area contributed by atoms with Crippen LogP contribution < -0.4 is 5.56 Å². The largest absolute Gasteiger partial charge is 0.432 e. The van der Waals surface area contributed by atoms with E-state index in [-0.39, 0.29) is 16.3 Å². The number of H-pyrrole nitrogens is 1. The van der Waals surface area contributed by atoms with E-state index in [1.54, 1.807) is 5.10 Å². The van der Waals surface area contributed by atoms with Gasteiger partial charge in [-0.2, -0.15) is 18.4 Å². The monoisotopic (exact) mass is 289 g/mol. The van der Waals surface area contributed by atoms with Gasteiger partial charge in [0.15, 0.2) is 11.6 Å². The molecule has 0 fully saturated rings. The lowest BCUT2D eigenvalue weighted by atomic mass is 10.2. The molecule has 0 unspecified atom stereocenters. The number of benzene rings is 1. The Kier molecular flexibility index (Phi) is 3.09. The molecule has 0 aliphatic carbocycles. The van der Waals surface area contributed by atoms with Gasteiger partial charge in [-0.1, -0.05) is 0 Å². The van der Waals surface area contributed by atoms with Crippen molar-refractivity contribution in [2.75, 3.05) is 0 Å². The number of aromatic amines is 1. The number of halogens is 5. The van der Waals surface area contributed by atoms with Crippen LogP contribution >= 0.6 is 0 Å². The van der Waals surface area contributed by atoms with E-state index in [0.717, 1.165) is 0 Å². The Balaban J connectivity index is 2.68. The van der Waals surface area contributed by atoms with Crippen molar-refractivity contribution in [2.45, 2.75) is 6.18 Å². The molecule has 0 atom stereocenters. The van der Waals surface area contributed by atoms with Crippen molar-refractivity contribution in [1.82, 2.24) is 9.78 Å². The predicted molar refractivity (Wildman–Crippen MR) is 56.0 cm³/mol. The van der Waals surface area contributed by atoms with E-state index < -0.39 is 34.8 Å². The summed E-state index contributed by atoms with van der Waals surface area (Å²) in [5.41, 5.74) is -4.09. The van der Waals surface area contributed by atoms with Crippen molar-refractivity contribution < 1.29 is 22.0 Å². The Labute approximate surface area is 107 Å². The molecule has 0 amide bonds. The molecule has 0 bridgehead atoms. The third-order valence-corrected chi connectivity index (χ3v) is 2.40. The molecule has 0 aliphatic rings. The van der Waals surface area contributed by atoms with Gasteiger partial charge in [0.05, 0.1) is 11.6 Å². The maximum Gasteiger partial charge on any atom is 0.432 e.